The summed E-state index contributed by atoms with van der Waals surface area (Å²) in [6.07, 6.45) is 3.55. The maximum absolute atomic E-state index is 12.8. The molecule has 0 bridgehead atoms. The van der Waals surface area contributed by atoms with Crippen LogP contribution in [0.4, 0.5) is 5.69 Å². The van der Waals surface area contributed by atoms with E-state index in [1.807, 2.05) is 17.7 Å². The van der Waals surface area contributed by atoms with Crippen molar-refractivity contribution < 1.29 is 9.53 Å². The topological polar surface area (TPSA) is 86.9 Å². The van der Waals surface area contributed by atoms with E-state index in [4.69, 9.17) is 27.9 Å². The van der Waals surface area contributed by atoms with Crippen LogP contribution in [-0.2, 0) is 0 Å². The molecule has 10 heteroatoms. The number of hydrogen-bond donors (Lipinski definition) is 1. The zero-order valence-corrected chi connectivity index (χ0v) is 18.4. The molecule has 1 N–H and O–H groups in total. The zero-order valence-electron chi connectivity index (χ0n) is 16.9. The fraction of sp³-hybridized carbons (Fsp3) is 0.143. The van der Waals surface area contributed by atoms with Crippen molar-refractivity contribution in [2.45, 2.75) is 13.8 Å². The van der Waals surface area contributed by atoms with Gasteiger partial charge in [-0.15, -0.1) is 5.10 Å². The highest BCUT2D eigenvalue weighted by molar-refractivity contribution is 6.34. The van der Waals surface area contributed by atoms with Gasteiger partial charge in [0, 0.05) is 16.9 Å². The molecular formula is C21H18Cl2N6O2. The van der Waals surface area contributed by atoms with Crippen LogP contribution in [0.3, 0.4) is 0 Å². The molecule has 8 nitrogen and oxygen atoms in total. The molecule has 4 aromatic rings. The average Bonchev–Trinajstić information content (AvgIpc) is 3.35. The molecule has 0 fully saturated rings. The van der Waals surface area contributed by atoms with E-state index in [9.17, 15) is 4.79 Å². The standard InChI is InChI=1S/C21H18Cl2N6O2/c1-12-10-28(11-24-12)18-9-15(5-7-19(18)31-3)26-21(30)20-25-13(2)29(27-20)17-8-14(22)4-6-16(17)23/h4-11H,1-3H3,(H,26,30). The van der Waals surface area contributed by atoms with Gasteiger partial charge in [-0.3, -0.25) is 4.79 Å². The lowest BCUT2D eigenvalue weighted by Gasteiger charge is -2.11. The third kappa shape index (κ3) is 4.26. The highest BCUT2D eigenvalue weighted by atomic mass is 35.5. The number of benzene rings is 2. The van der Waals surface area contributed by atoms with Crippen LogP contribution in [0.5, 0.6) is 5.75 Å². The first kappa shape index (κ1) is 20.9. The van der Waals surface area contributed by atoms with Crippen molar-refractivity contribution in [1.82, 2.24) is 24.3 Å². The molecule has 0 radical (unpaired) electrons. The minimum Gasteiger partial charge on any atom is -0.495 e. The number of amides is 1. The second-order valence-corrected chi connectivity index (χ2v) is 7.60. The molecule has 0 spiro atoms. The summed E-state index contributed by atoms with van der Waals surface area (Å²) in [5.41, 5.74) is 2.70. The van der Waals surface area contributed by atoms with Crippen LogP contribution in [0.1, 0.15) is 22.1 Å². The molecule has 0 saturated heterocycles. The van der Waals surface area contributed by atoms with Gasteiger partial charge in [0.15, 0.2) is 0 Å². The van der Waals surface area contributed by atoms with Gasteiger partial charge in [0.25, 0.3) is 5.91 Å². The SMILES string of the molecule is COc1ccc(NC(=O)c2nc(C)n(-c3cc(Cl)ccc3Cl)n2)cc1-n1cnc(C)c1. The number of aromatic nitrogens is 5. The maximum Gasteiger partial charge on any atom is 0.295 e. The Bertz CT molecular complexity index is 1280. The molecular weight excluding hydrogens is 439 g/mol. The molecule has 158 valence electrons. The van der Waals surface area contributed by atoms with Crippen LogP contribution in [-0.4, -0.2) is 37.3 Å². The largest absolute Gasteiger partial charge is 0.495 e. The molecule has 0 aliphatic rings. The molecule has 1 amide bonds. The number of nitrogens with one attached hydrogen (secondary N) is 1. The van der Waals surface area contributed by atoms with Crippen molar-refractivity contribution in [2.24, 2.45) is 0 Å². The third-order valence-corrected chi connectivity index (χ3v) is 5.09. The van der Waals surface area contributed by atoms with E-state index >= 15 is 0 Å². The van der Waals surface area contributed by atoms with Crippen LogP contribution < -0.4 is 10.1 Å². The Kier molecular flexibility index (Phi) is 5.67. The Morgan fingerprint density at radius 2 is 1.90 bits per heavy atom. The molecule has 0 atom stereocenters. The van der Waals surface area contributed by atoms with Crippen LogP contribution in [0.2, 0.25) is 10.0 Å². The summed E-state index contributed by atoms with van der Waals surface area (Å²) in [5, 5.41) is 8.07. The fourth-order valence-electron chi connectivity index (χ4n) is 3.07. The fourth-order valence-corrected chi connectivity index (χ4v) is 3.44. The van der Waals surface area contributed by atoms with Crippen LogP contribution >= 0.6 is 23.2 Å². The number of imidazole rings is 1. The quantitative estimate of drug-likeness (QED) is 0.472. The molecule has 0 unspecified atom stereocenters. The predicted molar refractivity (Wildman–Crippen MR) is 119 cm³/mol. The Hall–Kier alpha value is -3.36. The van der Waals surface area contributed by atoms with Crippen LogP contribution in [0.15, 0.2) is 48.9 Å². The number of carbonyl (C=O) groups is 1. The second-order valence-electron chi connectivity index (χ2n) is 6.75. The third-order valence-electron chi connectivity index (χ3n) is 4.53. The number of aryl methyl sites for hydroxylation is 2. The molecule has 2 aromatic heterocycles. The summed E-state index contributed by atoms with van der Waals surface area (Å²) >= 11 is 12.3. The van der Waals surface area contributed by atoms with E-state index < -0.39 is 5.91 Å². The van der Waals surface area contributed by atoms with Gasteiger partial charge in [0.2, 0.25) is 5.82 Å². The van der Waals surface area contributed by atoms with Crippen molar-refractivity contribution in [3.63, 3.8) is 0 Å². The summed E-state index contributed by atoms with van der Waals surface area (Å²) in [6.45, 7) is 3.62. The van der Waals surface area contributed by atoms with Crippen molar-refractivity contribution in [2.75, 3.05) is 12.4 Å². The number of nitrogens with zero attached hydrogens (tertiary/aromatic N) is 5. The number of anilines is 1. The van der Waals surface area contributed by atoms with Gasteiger partial charge < -0.3 is 14.6 Å². The van der Waals surface area contributed by atoms with Gasteiger partial charge >= 0.3 is 0 Å². The van der Waals surface area contributed by atoms with Gasteiger partial charge in [0.1, 0.15) is 11.6 Å². The monoisotopic (exact) mass is 456 g/mol. The van der Waals surface area contributed by atoms with Crippen molar-refractivity contribution >= 4 is 34.8 Å². The number of methoxy groups -OCH3 is 1. The Labute approximate surface area is 188 Å². The lowest BCUT2D eigenvalue weighted by Crippen LogP contribution is -2.14. The highest BCUT2D eigenvalue weighted by Crippen LogP contribution is 2.27. The highest BCUT2D eigenvalue weighted by Gasteiger charge is 2.18. The lowest BCUT2D eigenvalue weighted by molar-refractivity contribution is 0.101. The minimum absolute atomic E-state index is 0.00406. The van der Waals surface area contributed by atoms with E-state index in [-0.39, 0.29) is 5.82 Å². The minimum atomic E-state index is -0.460. The molecule has 2 aromatic carbocycles. The van der Waals surface area contributed by atoms with E-state index in [1.165, 1.54) is 4.68 Å². The first-order chi connectivity index (χ1) is 14.9. The van der Waals surface area contributed by atoms with Gasteiger partial charge in [-0.2, -0.15) is 0 Å². The lowest BCUT2D eigenvalue weighted by atomic mass is 10.2. The summed E-state index contributed by atoms with van der Waals surface area (Å²) in [5.74, 6) is 0.685. The zero-order chi connectivity index (χ0) is 22.1. The van der Waals surface area contributed by atoms with Crippen LogP contribution in [0, 0.1) is 13.8 Å². The number of rotatable bonds is 5. The maximum atomic E-state index is 12.8. The molecule has 0 aliphatic heterocycles. The summed E-state index contributed by atoms with van der Waals surface area (Å²) in [7, 11) is 1.58. The number of carbonyl (C=O) groups excluding carboxylic acids is 1. The normalized spacial score (nSPS) is 10.9. The number of halogens is 2. The first-order valence-corrected chi connectivity index (χ1v) is 10.0. The molecule has 0 aliphatic carbocycles. The van der Waals surface area contributed by atoms with Gasteiger partial charge in [-0.25, -0.2) is 14.6 Å². The summed E-state index contributed by atoms with van der Waals surface area (Å²) < 4.78 is 8.73. The average molecular weight is 457 g/mol. The summed E-state index contributed by atoms with van der Waals surface area (Å²) in [6, 6.07) is 10.3. The van der Waals surface area contributed by atoms with Crippen molar-refractivity contribution in [1.29, 1.82) is 0 Å². The number of ether oxygens (including phenoxy) is 1. The van der Waals surface area contributed by atoms with Crippen molar-refractivity contribution in [3.8, 4) is 17.1 Å². The number of hydrogen-bond acceptors (Lipinski definition) is 5. The van der Waals surface area contributed by atoms with Gasteiger partial charge in [-0.05, 0) is 50.2 Å². The van der Waals surface area contributed by atoms with E-state index in [0.717, 1.165) is 11.4 Å². The molecule has 31 heavy (non-hydrogen) atoms. The Morgan fingerprint density at radius 3 is 2.61 bits per heavy atom. The van der Waals surface area contributed by atoms with E-state index in [0.29, 0.717) is 33.0 Å². The van der Waals surface area contributed by atoms with Crippen LogP contribution in [0.25, 0.3) is 11.4 Å². The smallest absolute Gasteiger partial charge is 0.295 e. The first-order valence-electron chi connectivity index (χ1n) is 9.25. The molecule has 0 saturated carbocycles. The van der Waals surface area contributed by atoms with Gasteiger partial charge in [0.05, 0.1) is 35.5 Å². The van der Waals surface area contributed by atoms with E-state index in [1.54, 1.807) is 56.8 Å². The van der Waals surface area contributed by atoms with Crippen molar-refractivity contribution in [3.05, 3.63) is 76.3 Å². The van der Waals surface area contributed by atoms with E-state index in [2.05, 4.69) is 20.4 Å². The summed E-state index contributed by atoms with van der Waals surface area (Å²) in [4.78, 5) is 21.3. The predicted octanol–water partition coefficient (Wildman–Crippen LogP) is 4.64. The second kappa shape index (κ2) is 8.41. The van der Waals surface area contributed by atoms with Gasteiger partial charge in [-0.1, -0.05) is 23.2 Å². The Balaban J connectivity index is 1.63. The molecule has 2 heterocycles. The molecule has 4 rings (SSSR count). The Morgan fingerprint density at radius 1 is 1.10 bits per heavy atom.